The lowest BCUT2D eigenvalue weighted by Crippen LogP contribution is -2.06. The second-order valence-electron chi connectivity index (χ2n) is 4.18. The molecule has 2 rings (SSSR count). The van der Waals surface area contributed by atoms with Crippen molar-refractivity contribution in [3.05, 3.63) is 60.0 Å². The Morgan fingerprint density at radius 1 is 1.10 bits per heavy atom. The van der Waals surface area contributed by atoms with Crippen molar-refractivity contribution in [2.45, 2.75) is 13.0 Å². The van der Waals surface area contributed by atoms with Crippen molar-refractivity contribution < 1.29 is 9.84 Å². The summed E-state index contributed by atoms with van der Waals surface area (Å²) in [6.45, 7) is 2.50. The quantitative estimate of drug-likeness (QED) is 0.565. The van der Waals surface area contributed by atoms with Crippen LogP contribution >= 0.6 is 54.5 Å². The van der Waals surface area contributed by atoms with Crippen LogP contribution in [0.5, 0.6) is 5.75 Å². The molecule has 0 aliphatic heterocycles. The van der Waals surface area contributed by atoms with Gasteiger partial charge in [-0.1, -0.05) is 31.9 Å². The Morgan fingerprint density at radius 3 is 2.35 bits per heavy atom. The van der Waals surface area contributed by atoms with Gasteiger partial charge in [-0.3, -0.25) is 0 Å². The van der Waals surface area contributed by atoms with Gasteiger partial charge in [0.25, 0.3) is 0 Å². The first-order valence-corrected chi connectivity index (χ1v) is 8.74. The highest BCUT2D eigenvalue weighted by molar-refractivity contribution is 14.1. The van der Waals surface area contributed by atoms with Crippen LogP contribution in [0.4, 0.5) is 0 Å². The monoisotopic (exact) mass is 510 g/mol. The van der Waals surface area contributed by atoms with E-state index in [1.807, 2.05) is 43.3 Å². The first kappa shape index (κ1) is 16.3. The van der Waals surface area contributed by atoms with Gasteiger partial charge < -0.3 is 9.84 Å². The average molecular weight is 512 g/mol. The summed E-state index contributed by atoms with van der Waals surface area (Å²) in [5.74, 6) is 0.707. The summed E-state index contributed by atoms with van der Waals surface area (Å²) in [6.07, 6.45) is -0.724. The molecular weight excluding hydrogens is 499 g/mol. The first-order valence-electron chi connectivity index (χ1n) is 6.08. The van der Waals surface area contributed by atoms with Crippen LogP contribution < -0.4 is 4.74 Å². The Morgan fingerprint density at radius 2 is 1.70 bits per heavy atom. The first-order chi connectivity index (χ1) is 9.52. The normalized spacial score (nSPS) is 12.2. The van der Waals surface area contributed by atoms with Crippen LogP contribution in [-0.2, 0) is 0 Å². The molecule has 0 radical (unpaired) electrons. The molecule has 2 aromatic carbocycles. The molecule has 20 heavy (non-hydrogen) atoms. The molecule has 1 N–H and O–H groups in total. The Bertz CT molecular complexity index is 617. The van der Waals surface area contributed by atoms with Gasteiger partial charge in [0.05, 0.1) is 6.61 Å². The highest BCUT2D eigenvalue weighted by Crippen LogP contribution is 2.35. The summed E-state index contributed by atoms with van der Waals surface area (Å²) >= 11 is 9.12. The maximum atomic E-state index is 10.7. The van der Waals surface area contributed by atoms with Crippen molar-refractivity contribution in [2.75, 3.05) is 6.61 Å². The number of benzene rings is 2. The molecule has 1 atom stereocenters. The van der Waals surface area contributed by atoms with Crippen LogP contribution in [0, 0.1) is 3.57 Å². The fourth-order valence-corrected chi connectivity index (χ4v) is 3.30. The van der Waals surface area contributed by atoms with E-state index in [1.54, 1.807) is 0 Å². The molecule has 0 fully saturated rings. The molecule has 0 bridgehead atoms. The van der Waals surface area contributed by atoms with Crippen LogP contribution in [0.2, 0.25) is 0 Å². The fourth-order valence-electron chi connectivity index (χ4n) is 1.91. The van der Waals surface area contributed by atoms with Crippen LogP contribution in [0.25, 0.3) is 0 Å². The van der Waals surface area contributed by atoms with E-state index in [0.717, 1.165) is 23.6 Å². The molecule has 1 unspecified atom stereocenters. The van der Waals surface area contributed by atoms with Crippen LogP contribution in [0.1, 0.15) is 24.2 Å². The number of ether oxygens (including phenoxy) is 1. The summed E-state index contributed by atoms with van der Waals surface area (Å²) in [4.78, 5) is 0. The van der Waals surface area contributed by atoms with Gasteiger partial charge in [0, 0.05) is 18.1 Å². The van der Waals surface area contributed by atoms with Crippen molar-refractivity contribution in [3.8, 4) is 5.75 Å². The smallest absolute Gasteiger partial charge is 0.125 e. The summed E-state index contributed by atoms with van der Waals surface area (Å²) in [5.41, 5.74) is 1.62. The SMILES string of the molecule is CCOc1ccc(Br)cc1C(O)c1cc(Br)ccc1I. The lowest BCUT2D eigenvalue weighted by Gasteiger charge is -2.18. The number of hydrogen-bond donors (Lipinski definition) is 1. The third-order valence-electron chi connectivity index (χ3n) is 2.82. The topological polar surface area (TPSA) is 29.5 Å². The molecule has 2 aromatic rings. The third-order valence-corrected chi connectivity index (χ3v) is 4.79. The van der Waals surface area contributed by atoms with E-state index < -0.39 is 6.10 Å². The second kappa shape index (κ2) is 7.24. The minimum absolute atomic E-state index is 0.566. The lowest BCUT2D eigenvalue weighted by molar-refractivity contribution is 0.211. The number of hydrogen-bond acceptors (Lipinski definition) is 2. The van der Waals surface area contributed by atoms with Crippen molar-refractivity contribution in [1.82, 2.24) is 0 Å². The molecule has 0 saturated heterocycles. The van der Waals surface area contributed by atoms with Gasteiger partial charge in [-0.2, -0.15) is 0 Å². The Kier molecular flexibility index (Phi) is 5.89. The predicted molar refractivity (Wildman–Crippen MR) is 96.2 cm³/mol. The van der Waals surface area contributed by atoms with E-state index in [0.29, 0.717) is 12.4 Å². The molecule has 5 heteroatoms. The van der Waals surface area contributed by atoms with Gasteiger partial charge in [0.2, 0.25) is 0 Å². The molecule has 0 spiro atoms. The van der Waals surface area contributed by atoms with E-state index >= 15 is 0 Å². The maximum Gasteiger partial charge on any atom is 0.125 e. The van der Waals surface area contributed by atoms with Crippen molar-refractivity contribution in [1.29, 1.82) is 0 Å². The molecular formula is C15H13Br2IO2. The molecule has 0 amide bonds. The highest BCUT2D eigenvalue weighted by atomic mass is 127. The third kappa shape index (κ3) is 3.75. The molecule has 106 valence electrons. The van der Waals surface area contributed by atoms with Crippen molar-refractivity contribution in [3.63, 3.8) is 0 Å². The molecule has 0 aromatic heterocycles. The number of rotatable bonds is 4. The summed E-state index contributed by atoms with van der Waals surface area (Å²) in [5, 5.41) is 10.7. The van der Waals surface area contributed by atoms with Crippen molar-refractivity contribution >= 4 is 54.5 Å². The van der Waals surface area contributed by atoms with Crippen LogP contribution in [0.3, 0.4) is 0 Å². The van der Waals surface area contributed by atoms with E-state index in [2.05, 4.69) is 54.5 Å². The van der Waals surface area contributed by atoms with Crippen LogP contribution in [0.15, 0.2) is 45.3 Å². The minimum atomic E-state index is -0.724. The minimum Gasteiger partial charge on any atom is -0.493 e. The van der Waals surface area contributed by atoms with Gasteiger partial charge in [-0.05, 0) is 71.5 Å². The number of aliphatic hydroxyl groups is 1. The zero-order valence-corrected chi connectivity index (χ0v) is 16.1. The number of aliphatic hydroxyl groups excluding tert-OH is 1. The lowest BCUT2D eigenvalue weighted by atomic mass is 10.0. The summed E-state index contributed by atoms with van der Waals surface area (Å²) < 4.78 is 8.49. The van der Waals surface area contributed by atoms with Gasteiger partial charge >= 0.3 is 0 Å². The Labute approximate surface area is 148 Å². The molecule has 0 heterocycles. The van der Waals surface area contributed by atoms with E-state index in [-0.39, 0.29) is 0 Å². The molecule has 0 saturated carbocycles. The highest BCUT2D eigenvalue weighted by Gasteiger charge is 2.18. The largest absolute Gasteiger partial charge is 0.493 e. The van der Waals surface area contributed by atoms with Gasteiger partial charge in [-0.25, -0.2) is 0 Å². The second-order valence-corrected chi connectivity index (χ2v) is 7.18. The van der Waals surface area contributed by atoms with E-state index in [1.165, 1.54) is 0 Å². The average Bonchev–Trinajstić information content (AvgIpc) is 2.43. The van der Waals surface area contributed by atoms with Gasteiger partial charge in [0.1, 0.15) is 11.9 Å². The summed E-state index contributed by atoms with van der Waals surface area (Å²) in [6, 6.07) is 11.5. The van der Waals surface area contributed by atoms with E-state index in [9.17, 15) is 5.11 Å². The molecule has 2 nitrogen and oxygen atoms in total. The Hall–Kier alpha value is -0.110. The standard InChI is InChI=1S/C15H13Br2IO2/c1-2-20-14-6-4-10(17)8-12(14)15(19)11-7-9(16)3-5-13(11)18/h3-8,15,19H,2H2,1H3. The summed E-state index contributed by atoms with van der Waals surface area (Å²) in [7, 11) is 0. The Balaban J connectivity index is 2.49. The van der Waals surface area contributed by atoms with Crippen LogP contribution in [-0.4, -0.2) is 11.7 Å². The van der Waals surface area contributed by atoms with Gasteiger partial charge in [0.15, 0.2) is 0 Å². The molecule has 0 aliphatic carbocycles. The molecule has 0 aliphatic rings. The predicted octanol–water partition coefficient (Wildman–Crippen LogP) is 5.30. The maximum absolute atomic E-state index is 10.7. The zero-order valence-electron chi connectivity index (χ0n) is 10.7. The number of halogens is 3. The van der Waals surface area contributed by atoms with Crippen molar-refractivity contribution in [2.24, 2.45) is 0 Å². The fraction of sp³-hybridized carbons (Fsp3) is 0.200. The van der Waals surface area contributed by atoms with E-state index in [4.69, 9.17) is 4.74 Å². The van der Waals surface area contributed by atoms with Gasteiger partial charge in [-0.15, -0.1) is 0 Å². The zero-order chi connectivity index (χ0) is 14.7.